The predicted octanol–water partition coefficient (Wildman–Crippen LogP) is 5.25. The van der Waals surface area contributed by atoms with Gasteiger partial charge in [-0.1, -0.05) is 0 Å². The average molecular weight is 321 g/mol. The summed E-state index contributed by atoms with van der Waals surface area (Å²) in [6, 6.07) is 1.98. The predicted molar refractivity (Wildman–Crippen MR) is 89.4 cm³/mol. The Morgan fingerprint density at radius 2 is 1.91 bits per heavy atom. The van der Waals surface area contributed by atoms with E-state index in [0.29, 0.717) is 23.5 Å². The van der Waals surface area contributed by atoms with Crippen molar-refractivity contribution in [3.63, 3.8) is 0 Å². The van der Waals surface area contributed by atoms with E-state index in [1.165, 1.54) is 42.4 Å². The van der Waals surface area contributed by atoms with Crippen molar-refractivity contribution in [2.24, 2.45) is 0 Å². The third-order valence-corrected chi connectivity index (χ3v) is 6.34. The molecular weight excluding hydrogens is 296 g/mol. The van der Waals surface area contributed by atoms with Gasteiger partial charge in [-0.25, -0.2) is 0 Å². The van der Waals surface area contributed by atoms with Gasteiger partial charge in [0.1, 0.15) is 17.1 Å². The SMILES string of the molecule is CC1(CCCCl)CCc2cc(O)c3c(c2O1)C1CCC3CC1. The van der Waals surface area contributed by atoms with Gasteiger partial charge in [0.05, 0.1) is 0 Å². The number of ether oxygens (including phenoxy) is 1. The number of benzene rings is 1. The molecule has 1 aromatic rings. The molecule has 4 aliphatic rings. The van der Waals surface area contributed by atoms with Gasteiger partial charge in [-0.15, -0.1) is 11.6 Å². The molecule has 1 unspecified atom stereocenters. The average Bonchev–Trinajstić information content (AvgIpc) is 2.55. The Morgan fingerprint density at radius 1 is 1.23 bits per heavy atom. The van der Waals surface area contributed by atoms with Crippen molar-refractivity contribution in [3.05, 3.63) is 22.8 Å². The van der Waals surface area contributed by atoms with Crippen LogP contribution in [-0.2, 0) is 6.42 Å². The van der Waals surface area contributed by atoms with E-state index in [1.807, 2.05) is 6.07 Å². The lowest BCUT2D eigenvalue weighted by Crippen LogP contribution is -2.38. The molecule has 0 spiro atoms. The summed E-state index contributed by atoms with van der Waals surface area (Å²) in [5.41, 5.74) is 3.69. The fourth-order valence-electron chi connectivity index (χ4n) is 4.87. The van der Waals surface area contributed by atoms with Gasteiger partial charge in [0.25, 0.3) is 0 Å². The molecular formula is C19H25ClO2. The van der Waals surface area contributed by atoms with Crippen LogP contribution in [0.5, 0.6) is 11.5 Å². The van der Waals surface area contributed by atoms with E-state index >= 15 is 0 Å². The molecule has 1 fully saturated rings. The molecule has 5 rings (SSSR count). The topological polar surface area (TPSA) is 29.5 Å². The highest BCUT2D eigenvalue weighted by Gasteiger charge is 2.41. The first kappa shape index (κ1) is 14.7. The molecule has 1 saturated carbocycles. The highest BCUT2D eigenvalue weighted by molar-refractivity contribution is 6.17. The summed E-state index contributed by atoms with van der Waals surface area (Å²) in [6.07, 6.45) is 9.01. The first-order valence-corrected chi connectivity index (χ1v) is 9.28. The van der Waals surface area contributed by atoms with Crippen LogP contribution in [0.4, 0.5) is 0 Å². The maximum absolute atomic E-state index is 10.5. The zero-order valence-corrected chi connectivity index (χ0v) is 14.1. The summed E-state index contributed by atoms with van der Waals surface area (Å²) in [5.74, 6) is 3.48. The third kappa shape index (κ3) is 2.22. The minimum Gasteiger partial charge on any atom is -0.508 e. The van der Waals surface area contributed by atoms with Gasteiger partial charge in [0.2, 0.25) is 0 Å². The van der Waals surface area contributed by atoms with Crippen LogP contribution >= 0.6 is 11.6 Å². The number of phenolic OH excluding ortho intramolecular Hbond substituents is 1. The summed E-state index contributed by atoms with van der Waals surface area (Å²) < 4.78 is 6.56. The Balaban J connectivity index is 1.77. The first-order valence-electron chi connectivity index (χ1n) is 8.75. The van der Waals surface area contributed by atoms with Gasteiger partial charge < -0.3 is 9.84 Å². The molecule has 1 aliphatic heterocycles. The van der Waals surface area contributed by atoms with Gasteiger partial charge in [0, 0.05) is 17.0 Å². The van der Waals surface area contributed by atoms with Crippen LogP contribution < -0.4 is 4.74 Å². The molecule has 3 heteroatoms. The summed E-state index contributed by atoms with van der Waals surface area (Å²) in [5, 5.41) is 10.5. The molecule has 2 bridgehead atoms. The molecule has 1 heterocycles. The van der Waals surface area contributed by atoms with Gasteiger partial charge in [-0.3, -0.25) is 0 Å². The molecule has 0 amide bonds. The number of halogens is 1. The normalized spacial score (nSPS) is 32.3. The number of hydrogen-bond donors (Lipinski definition) is 1. The molecule has 1 N–H and O–H groups in total. The Hall–Kier alpha value is -0.890. The number of hydrogen-bond acceptors (Lipinski definition) is 2. The maximum Gasteiger partial charge on any atom is 0.127 e. The summed E-state index contributed by atoms with van der Waals surface area (Å²) in [6.45, 7) is 2.23. The first-order chi connectivity index (χ1) is 10.6. The number of aromatic hydroxyl groups is 1. The standard InChI is InChI=1S/C19H25ClO2/c1-19(8-2-10-20)9-7-14-11-15(21)16-12-3-5-13(6-4-12)17(16)18(14)22-19/h11-13,21H,2-10H2,1H3. The molecule has 0 aromatic heterocycles. The molecule has 22 heavy (non-hydrogen) atoms. The lowest BCUT2D eigenvalue weighted by molar-refractivity contribution is 0.0526. The van der Waals surface area contributed by atoms with E-state index in [0.717, 1.165) is 31.4 Å². The van der Waals surface area contributed by atoms with Crippen molar-refractivity contribution >= 4 is 11.6 Å². The Morgan fingerprint density at radius 3 is 2.59 bits per heavy atom. The molecule has 0 saturated heterocycles. The largest absolute Gasteiger partial charge is 0.508 e. The number of alkyl halides is 1. The van der Waals surface area contributed by atoms with Crippen LogP contribution in [0, 0.1) is 0 Å². The van der Waals surface area contributed by atoms with Crippen LogP contribution in [0.2, 0.25) is 0 Å². The van der Waals surface area contributed by atoms with Crippen LogP contribution in [0.3, 0.4) is 0 Å². The molecule has 1 aromatic carbocycles. The second kappa shape index (κ2) is 5.33. The van der Waals surface area contributed by atoms with Crippen LogP contribution in [0.25, 0.3) is 0 Å². The van der Waals surface area contributed by atoms with Crippen molar-refractivity contribution in [1.82, 2.24) is 0 Å². The monoisotopic (exact) mass is 320 g/mol. The van der Waals surface area contributed by atoms with E-state index in [-0.39, 0.29) is 5.60 Å². The van der Waals surface area contributed by atoms with Crippen molar-refractivity contribution in [2.45, 2.75) is 75.7 Å². The van der Waals surface area contributed by atoms with Crippen LogP contribution in [-0.4, -0.2) is 16.6 Å². The molecule has 3 aliphatic carbocycles. The second-order valence-electron chi connectivity index (χ2n) is 7.60. The highest BCUT2D eigenvalue weighted by Crippen LogP contribution is 2.57. The van der Waals surface area contributed by atoms with Gasteiger partial charge in [0.15, 0.2) is 0 Å². The fourth-order valence-corrected chi connectivity index (χ4v) is 5.00. The minimum atomic E-state index is -0.0939. The van der Waals surface area contributed by atoms with E-state index in [4.69, 9.17) is 16.3 Å². The van der Waals surface area contributed by atoms with E-state index in [9.17, 15) is 5.11 Å². The third-order valence-electron chi connectivity index (χ3n) is 6.07. The van der Waals surface area contributed by atoms with Crippen molar-refractivity contribution in [3.8, 4) is 11.5 Å². The molecule has 1 atom stereocenters. The van der Waals surface area contributed by atoms with Gasteiger partial charge in [-0.2, -0.15) is 0 Å². The van der Waals surface area contributed by atoms with Crippen LogP contribution in [0.1, 0.15) is 80.4 Å². The summed E-state index contributed by atoms with van der Waals surface area (Å²) >= 11 is 5.88. The summed E-state index contributed by atoms with van der Waals surface area (Å²) in [7, 11) is 0. The smallest absolute Gasteiger partial charge is 0.127 e. The number of rotatable bonds is 3. The quantitative estimate of drug-likeness (QED) is 0.771. The van der Waals surface area contributed by atoms with E-state index < -0.39 is 0 Å². The van der Waals surface area contributed by atoms with Crippen molar-refractivity contribution in [1.29, 1.82) is 0 Å². The molecule has 120 valence electrons. The van der Waals surface area contributed by atoms with E-state index in [1.54, 1.807) is 0 Å². The number of aryl methyl sites for hydroxylation is 1. The second-order valence-corrected chi connectivity index (χ2v) is 7.98. The number of phenols is 1. The Labute approximate surface area is 137 Å². The van der Waals surface area contributed by atoms with Gasteiger partial charge >= 0.3 is 0 Å². The molecule has 2 nitrogen and oxygen atoms in total. The number of fused-ring (bicyclic) bond motifs is 3. The Kier molecular flexibility index (Phi) is 3.56. The van der Waals surface area contributed by atoms with Crippen molar-refractivity contribution in [2.75, 3.05) is 5.88 Å². The zero-order chi connectivity index (χ0) is 15.3. The van der Waals surface area contributed by atoms with Crippen LogP contribution in [0.15, 0.2) is 6.07 Å². The lowest BCUT2D eigenvalue weighted by atomic mass is 9.65. The highest BCUT2D eigenvalue weighted by atomic mass is 35.5. The molecule has 0 radical (unpaired) electrons. The fraction of sp³-hybridized carbons (Fsp3) is 0.684. The zero-order valence-electron chi connectivity index (χ0n) is 13.3. The minimum absolute atomic E-state index is 0.0939. The van der Waals surface area contributed by atoms with E-state index in [2.05, 4.69) is 6.92 Å². The van der Waals surface area contributed by atoms with Crippen molar-refractivity contribution < 1.29 is 9.84 Å². The maximum atomic E-state index is 10.5. The Bertz CT molecular complexity index is 590. The summed E-state index contributed by atoms with van der Waals surface area (Å²) in [4.78, 5) is 0. The lowest BCUT2D eigenvalue weighted by Gasteiger charge is -2.44. The van der Waals surface area contributed by atoms with Gasteiger partial charge in [-0.05, 0) is 81.8 Å².